The molecule has 0 heterocycles. The van der Waals surface area contributed by atoms with Crippen LogP contribution in [0, 0.1) is 0 Å². The fourth-order valence-corrected chi connectivity index (χ4v) is 2.82. The van der Waals surface area contributed by atoms with Crippen LogP contribution in [0.3, 0.4) is 0 Å². The summed E-state index contributed by atoms with van der Waals surface area (Å²) in [4.78, 5) is 27.0. The van der Waals surface area contributed by atoms with Crippen molar-refractivity contribution < 1.29 is 19.1 Å². The Balaban J connectivity index is 1.96. The minimum atomic E-state index is -0.293. The molecular formula is C22H29N3O4. The summed E-state index contributed by atoms with van der Waals surface area (Å²) in [5.74, 6) is 0.642. The molecule has 2 amide bonds. The monoisotopic (exact) mass is 399 g/mol. The number of rotatable bonds is 10. The number of anilines is 1. The number of carbonyl (C=O) groups excluding carboxylic acids is 2. The highest BCUT2D eigenvalue weighted by atomic mass is 16.5. The van der Waals surface area contributed by atoms with Crippen LogP contribution in [0.5, 0.6) is 11.5 Å². The zero-order valence-electron chi connectivity index (χ0n) is 17.5. The number of ether oxygens (including phenoxy) is 2. The number of carbonyl (C=O) groups is 2. The number of nitrogens with zero attached hydrogens (tertiary/aromatic N) is 1. The van der Waals surface area contributed by atoms with Crippen molar-refractivity contribution in [3.63, 3.8) is 0 Å². The third kappa shape index (κ3) is 6.50. The van der Waals surface area contributed by atoms with Gasteiger partial charge in [0.05, 0.1) is 14.2 Å². The van der Waals surface area contributed by atoms with E-state index in [1.807, 2.05) is 0 Å². The van der Waals surface area contributed by atoms with E-state index in [4.69, 9.17) is 9.47 Å². The van der Waals surface area contributed by atoms with Gasteiger partial charge in [0.1, 0.15) is 11.5 Å². The SMILES string of the molecule is CCN(CC)CCNC(=O)c1ccc(NC(=O)c2cc(OC)cc(OC)c2)cc1. The fourth-order valence-electron chi connectivity index (χ4n) is 2.82. The number of benzene rings is 2. The lowest BCUT2D eigenvalue weighted by molar-refractivity contribution is 0.0948. The lowest BCUT2D eigenvalue weighted by Gasteiger charge is -2.18. The number of hydrogen-bond acceptors (Lipinski definition) is 5. The molecule has 0 saturated heterocycles. The standard InChI is InChI=1S/C22H29N3O4/c1-5-25(6-2)12-11-23-21(26)16-7-9-18(10-8-16)24-22(27)17-13-19(28-3)15-20(14-17)29-4/h7-10,13-15H,5-6,11-12H2,1-4H3,(H,23,26)(H,24,27). The highest BCUT2D eigenvalue weighted by molar-refractivity contribution is 6.05. The third-order valence-corrected chi connectivity index (χ3v) is 4.63. The Labute approximate surface area is 172 Å². The molecular weight excluding hydrogens is 370 g/mol. The summed E-state index contributed by atoms with van der Waals surface area (Å²) < 4.78 is 10.4. The zero-order chi connectivity index (χ0) is 21.2. The van der Waals surface area contributed by atoms with Gasteiger partial charge in [-0.25, -0.2) is 0 Å². The largest absolute Gasteiger partial charge is 0.497 e. The van der Waals surface area contributed by atoms with E-state index >= 15 is 0 Å². The van der Waals surface area contributed by atoms with Crippen LogP contribution in [-0.4, -0.2) is 57.1 Å². The van der Waals surface area contributed by atoms with Crippen LogP contribution in [0.25, 0.3) is 0 Å². The van der Waals surface area contributed by atoms with Crippen LogP contribution in [-0.2, 0) is 0 Å². The van der Waals surface area contributed by atoms with Crippen molar-refractivity contribution in [2.24, 2.45) is 0 Å². The van der Waals surface area contributed by atoms with Crippen LogP contribution in [0.2, 0.25) is 0 Å². The Bertz CT molecular complexity index is 795. The number of methoxy groups -OCH3 is 2. The van der Waals surface area contributed by atoms with Crippen LogP contribution >= 0.6 is 0 Å². The Morgan fingerprint density at radius 2 is 1.45 bits per heavy atom. The molecule has 0 saturated carbocycles. The second kappa shape index (κ2) is 11.1. The number of amides is 2. The van der Waals surface area contributed by atoms with Crippen LogP contribution in [0.15, 0.2) is 42.5 Å². The molecule has 156 valence electrons. The Kier molecular flexibility index (Phi) is 8.48. The summed E-state index contributed by atoms with van der Waals surface area (Å²) in [7, 11) is 3.06. The van der Waals surface area contributed by atoms with Crippen LogP contribution < -0.4 is 20.1 Å². The van der Waals surface area contributed by atoms with Gasteiger partial charge in [-0.05, 0) is 49.5 Å². The molecule has 0 unspecified atom stereocenters. The van der Waals surface area contributed by atoms with Gasteiger partial charge in [-0.1, -0.05) is 13.8 Å². The van der Waals surface area contributed by atoms with Crippen molar-refractivity contribution in [3.05, 3.63) is 53.6 Å². The molecule has 29 heavy (non-hydrogen) atoms. The van der Waals surface area contributed by atoms with Gasteiger partial charge in [0.15, 0.2) is 0 Å². The van der Waals surface area contributed by atoms with Crippen molar-refractivity contribution in [1.82, 2.24) is 10.2 Å². The van der Waals surface area contributed by atoms with E-state index in [0.717, 1.165) is 19.6 Å². The third-order valence-electron chi connectivity index (χ3n) is 4.63. The van der Waals surface area contributed by atoms with E-state index in [1.165, 1.54) is 14.2 Å². The predicted octanol–water partition coefficient (Wildman–Crippen LogP) is 3.03. The molecule has 0 aliphatic carbocycles. The molecule has 2 aromatic rings. The Hall–Kier alpha value is -3.06. The average molecular weight is 399 g/mol. The molecule has 0 aromatic heterocycles. The molecule has 0 aliphatic heterocycles. The first-order chi connectivity index (χ1) is 14.0. The molecule has 7 nitrogen and oxygen atoms in total. The van der Waals surface area contributed by atoms with Gasteiger partial charge in [0, 0.05) is 36.0 Å². The fraction of sp³-hybridized carbons (Fsp3) is 0.364. The van der Waals surface area contributed by atoms with E-state index in [-0.39, 0.29) is 11.8 Å². The molecule has 2 rings (SSSR count). The van der Waals surface area contributed by atoms with Gasteiger partial charge < -0.3 is 25.0 Å². The Morgan fingerprint density at radius 1 is 0.862 bits per heavy atom. The van der Waals surface area contributed by atoms with Crippen LogP contribution in [0.4, 0.5) is 5.69 Å². The van der Waals surface area contributed by atoms with Gasteiger partial charge >= 0.3 is 0 Å². The molecule has 0 fully saturated rings. The van der Waals surface area contributed by atoms with Crippen molar-refractivity contribution in [3.8, 4) is 11.5 Å². The normalized spacial score (nSPS) is 10.5. The highest BCUT2D eigenvalue weighted by Gasteiger charge is 2.11. The smallest absolute Gasteiger partial charge is 0.255 e. The van der Waals surface area contributed by atoms with E-state index in [9.17, 15) is 9.59 Å². The molecule has 0 aliphatic rings. The topological polar surface area (TPSA) is 79.9 Å². The number of hydrogen-bond donors (Lipinski definition) is 2. The van der Waals surface area contributed by atoms with Crippen LogP contribution in [0.1, 0.15) is 34.6 Å². The van der Waals surface area contributed by atoms with Crippen molar-refractivity contribution in [1.29, 1.82) is 0 Å². The lowest BCUT2D eigenvalue weighted by Crippen LogP contribution is -2.34. The summed E-state index contributed by atoms with van der Waals surface area (Å²) in [5.41, 5.74) is 1.56. The molecule has 7 heteroatoms. The van der Waals surface area contributed by atoms with Gasteiger partial charge in [-0.2, -0.15) is 0 Å². The van der Waals surface area contributed by atoms with E-state index in [0.29, 0.717) is 34.9 Å². The maximum atomic E-state index is 12.5. The minimum absolute atomic E-state index is 0.132. The van der Waals surface area contributed by atoms with Gasteiger partial charge in [-0.15, -0.1) is 0 Å². The quantitative estimate of drug-likeness (QED) is 0.642. The highest BCUT2D eigenvalue weighted by Crippen LogP contribution is 2.23. The second-order valence-corrected chi connectivity index (χ2v) is 6.42. The maximum absolute atomic E-state index is 12.5. The number of likely N-dealkylation sites (N-methyl/N-ethyl adjacent to an activating group) is 1. The van der Waals surface area contributed by atoms with E-state index in [2.05, 4.69) is 29.4 Å². The summed E-state index contributed by atoms with van der Waals surface area (Å²) in [5, 5.41) is 5.73. The molecule has 2 N–H and O–H groups in total. The summed E-state index contributed by atoms with van der Waals surface area (Å²) >= 11 is 0. The van der Waals surface area contributed by atoms with Crippen molar-refractivity contribution in [2.45, 2.75) is 13.8 Å². The summed E-state index contributed by atoms with van der Waals surface area (Å²) in [6, 6.07) is 11.8. The first kappa shape index (κ1) is 22.2. The molecule has 2 aromatic carbocycles. The molecule has 0 bridgehead atoms. The summed E-state index contributed by atoms with van der Waals surface area (Å²) in [6.45, 7) is 7.52. The molecule has 0 spiro atoms. The number of nitrogens with one attached hydrogen (secondary N) is 2. The summed E-state index contributed by atoms with van der Waals surface area (Å²) in [6.07, 6.45) is 0. The first-order valence-corrected chi connectivity index (χ1v) is 9.65. The van der Waals surface area contributed by atoms with Crippen molar-refractivity contribution >= 4 is 17.5 Å². The Morgan fingerprint density at radius 3 is 1.97 bits per heavy atom. The first-order valence-electron chi connectivity index (χ1n) is 9.65. The molecule has 0 atom stereocenters. The van der Waals surface area contributed by atoms with E-state index in [1.54, 1.807) is 42.5 Å². The second-order valence-electron chi connectivity index (χ2n) is 6.42. The predicted molar refractivity (Wildman–Crippen MR) is 114 cm³/mol. The molecule has 0 radical (unpaired) electrons. The lowest BCUT2D eigenvalue weighted by atomic mass is 10.1. The maximum Gasteiger partial charge on any atom is 0.255 e. The zero-order valence-corrected chi connectivity index (χ0v) is 17.5. The van der Waals surface area contributed by atoms with Crippen molar-refractivity contribution in [2.75, 3.05) is 45.7 Å². The van der Waals surface area contributed by atoms with E-state index < -0.39 is 0 Å². The van der Waals surface area contributed by atoms with Gasteiger partial charge in [0.25, 0.3) is 11.8 Å². The van der Waals surface area contributed by atoms with Gasteiger partial charge in [0.2, 0.25) is 0 Å². The average Bonchev–Trinajstić information content (AvgIpc) is 2.76. The van der Waals surface area contributed by atoms with Gasteiger partial charge in [-0.3, -0.25) is 9.59 Å². The minimum Gasteiger partial charge on any atom is -0.497 e.